The Hall–Kier alpha value is -3.81. The van der Waals surface area contributed by atoms with Crippen LogP contribution in [0.15, 0.2) is 64.8 Å². The number of carbonyl (C=O) groups is 2. The van der Waals surface area contributed by atoms with Crippen LogP contribution in [0.2, 0.25) is 0 Å². The molecule has 1 aromatic heterocycles. The van der Waals surface area contributed by atoms with Crippen LogP contribution in [-0.4, -0.2) is 35.5 Å². The molecule has 0 saturated carbocycles. The maximum absolute atomic E-state index is 13.0. The minimum absolute atomic E-state index is 0.00819. The average Bonchev–Trinajstić information content (AvgIpc) is 3.35. The van der Waals surface area contributed by atoms with E-state index in [-0.39, 0.29) is 42.4 Å². The number of likely N-dealkylation sites (N-methyl/N-ethyl adjacent to an activating group) is 1. The molecule has 2 aromatic carbocycles. The molecule has 2 heterocycles. The van der Waals surface area contributed by atoms with Gasteiger partial charge in [-0.05, 0) is 35.9 Å². The highest BCUT2D eigenvalue weighted by atomic mass is 19.1. The first-order valence-corrected chi connectivity index (χ1v) is 10.6. The summed E-state index contributed by atoms with van der Waals surface area (Å²) < 4.78 is 23.3. The van der Waals surface area contributed by atoms with E-state index < -0.39 is 5.97 Å². The summed E-state index contributed by atoms with van der Waals surface area (Å²) in [5.41, 5.74) is 3.32. The summed E-state index contributed by atoms with van der Waals surface area (Å²) in [6.45, 7) is 3.78. The van der Waals surface area contributed by atoms with Crippen LogP contribution in [0.3, 0.4) is 0 Å². The van der Waals surface area contributed by atoms with E-state index in [4.69, 9.17) is 9.26 Å². The van der Waals surface area contributed by atoms with Gasteiger partial charge in [-0.1, -0.05) is 37.2 Å². The van der Waals surface area contributed by atoms with Gasteiger partial charge in [-0.15, -0.1) is 0 Å². The fourth-order valence-corrected chi connectivity index (χ4v) is 3.96. The summed E-state index contributed by atoms with van der Waals surface area (Å²) in [6.07, 6.45) is 1.71. The number of hydrogen-bond donors (Lipinski definition) is 0. The second kappa shape index (κ2) is 8.97. The normalized spacial score (nSPS) is 15.5. The third-order valence-electron chi connectivity index (χ3n) is 5.73. The Morgan fingerprint density at radius 1 is 1.15 bits per heavy atom. The molecule has 0 amide bonds. The number of aromatic nitrogens is 2. The average molecular weight is 449 g/mol. The zero-order valence-electron chi connectivity index (χ0n) is 18.7. The van der Waals surface area contributed by atoms with Crippen LogP contribution in [0.5, 0.6) is 0 Å². The molecule has 0 radical (unpaired) electrons. The number of benzene rings is 2. The van der Waals surface area contributed by atoms with Crippen LogP contribution < -0.4 is 4.90 Å². The van der Waals surface area contributed by atoms with Crippen molar-refractivity contribution >= 4 is 17.4 Å². The summed E-state index contributed by atoms with van der Waals surface area (Å²) in [7, 11) is 1.92. The van der Waals surface area contributed by atoms with Crippen LogP contribution in [0.4, 0.5) is 10.1 Å². The summed E-state index contributed by atoms with van der Waals surface area (Å²) in [6, 6.07) is 13.7. The quantitative estimate of drug-likeness (QED) is 0.394. The molecule has 8 heteroatoms. The molecule has 0 fully saturated rings. The molecule has 0 N–H and O–H groups in total. The van der Waals surface area contributed by atoms with Gasteiger partial charge < -0.3 is 14.2 Å². The first kappa shape index (κ1) is 22.4. The second-order valence-electron chi connectivity index (χ2n) is 8.38. The van der Waals surface area contributed by atoms with Gasteiger partial charge in [0.25, 0.3) is 0 Å². The zero-order valence-corrected chi connectivity index (χ0v) is 18.7. The molecule has 170 valence electrons. The number of halogens is 1. The van der Waals surface area contributed by atoms with E-state index in [1.165, 1.54) is 12.1 Å². The molecule has 33 heavy (non-hydrogen) atoms. The second-order valence-corrected chi connectivity index (χ2v) is 8.38. The number of nitrogens with zero attached hydrogens (tertiary/aromatic N) is 3. The molecule has 1 aliphatic heterocycles. The minimum Gasteiger partial charge on any atom is -0.457 e. The lowest BCUT2D eigenvalue weighted by Crippen LogP contribution is -2.25. The Kier molecular flexibility index (Phi) is 6.09. The van der Waals surface area contributed by atoms with Gasteiger partial charge in [0.2, 0.25) is 11.7 Å². The van der Waals surface area contributed by atoms with Gasteiger partial charge in [-0.2, -0.15) is 4.98 Å². The zero-order chi connectivity index (χ0) is 23.6. The molecule has 4 rings (SSSR count). The number of hydrogen-bond acceptors (Lipinski definition) is 7. The topological polar surface area (TPSA) is 85.5 Å². The lowest BCUT2D eigenvalue weighted by atomic mass is 9.83. The van der Waals surface area contributed by atoms with Gasteiger partial charge in [0.1, 0.15) is 5.82 Å². The standard InChI is InChI=1S/C25H24FN3O4/c1-25(2)19-6-4-5-7-20(19)29(3)21(25)14-18(30)15-32-23(31)13-12-22-27-24(28-33-22)16-8-10-17(26)11-9-16/h4-11,14H,12-13,15H2,1-3H3/b21-14-. The SMILES string of the molecule is CN1/C(=C\C(=O)COC(=O)CCc2nc(-c3ccc(F)cc3)no2)C(C)(C)c2ccccc21. The number of ether oxygens (including phenoxy) is 1. The molecule has 7 nitrogen and oxygen atoms in total. The van der Waals surface area contributed by atoms with Crippen molar-refractivity contribution in [1.29, 1.82) is 0 Å². The molecule has 0 saturated heterocycles. The summed E-state index contributed by atoms with van der Waals surface area (Å²) in [5.74, 6) is -0.618. The Bertz CT molecular complexity index is 1210. The number of fused-ring (bicyclic) bond motifs is 1. The van der Waals surface area contributed by atoms with Crippen LogP contribution in [0.25, 0.3) is 11.4 Å². The molecule has 1 aliphatic rings. The molecule has 0 unspecified atom stereocenters. The number of esters is 1. The molecule has 0 atom stereocenters. The van der Waals surface area contributed by atoms with E-state index in [1.807, 2.05) is 30.1 Å². The van der Waals surface area contributed by atoms with Gasteiger partial charge in [0.15, 0.2) is 12.4 Å². The van der Waals surface area contributed by atoms with Gasteiger partial charge >= 0.3 is 5.97 Å². The van der Waals surface area contributed by atoms with E-state index in [9.17, 15) is 14.0 Å². The third kappa shape index (κ3) is 4.69. The molecular weight excluding hydrogens is 425 g/mol. The monoisotopic (exact) mass is 449 g/mol. The van der Waals surface area contributed by atoms with E-state index >= 15 is 0 Å². The Morgan fingerprint density at radius 2 is 1.88 bits per heavy atom. The Morgan fingerprint density at radius 3 is 2.61 bits per heavy atom. The number of ketones is 1. The van der Waals surface area contributed by atoms with Crippen molar-refractivity contribution in [2.24, 2.45) is 0 Å². The molecule has 3 aromatic rings. The fourth-order valence-electron chi connectivity index (χ4n) is 3.96. The van der Waals surface area contributed by atoms with Gasteiger partial charge in [0.05, 0.1) is 6.42 Å². The number of rotatable bonds is 7. The van der Waals surface area contributed by atoms with Crippen molar-refractivity contribution in [3.05, 3.63) is 77.6 Å². The molecular formula is C25H24FN3O4. The number of carbonyl (C=O) groups excluding carboxylic acids is 2. The predicted molar refractivity (Wildman–Crippen MR) is 120 cm³/mol. The van der Waals surface area contributed by atoms with E-state index in [0.717, 1.165) is 16.9 Å². The van der Waals surface area contributed by atoms with Crippen LogP contribution >= 0.6 is 0 Å². The predicted octanol–water partition coefficient (Wildman–Crippen LogP) is 4.23. The highest BCUT2D eigenvalue weighted by molar-refractivity contribution is 5.94. The Labute approximate surface area is 190 Å². The van der Waals surface area contributed by atoms with Crippen molar-refractivity contribution in [2.45, 2.75) is 32.1 Å². The highest BCUT2D eigenvalue weighted by Gasteiger charge is 2.38. The largest absolute Gasteiger partial charge is 0.457 e. The summed E-state index contributed by atoms with van der Waals surface area (Å²) >= 11 is 0. The Balaban J connectivity index is 1.30. The fraction of sp³-hybridized carbons (Fsp3) is 0.280. The number of para-hydroxylation sites is 1. The first-order valence-electron chi connectivity index (χ1n) is 10.6. The summed E-state index contributed by atoms with van der Waals surface area (Å²) in [4.78, 5) is 30.8. The van der Waals surface area contributed by atoms with Gasteiger partial charge in [-0.25, -0.2) is 4.39 Å². The number of aryl methyl sites for hydroxylation is 1. The molecule has 0 aliphatic carbocycles. The first-order chi connectivity index (χ1) is 15.8. The van der Waals surface area contributed by atoms with Crippen LogP contribution in [0.1, 0.15) is 31.7 Å². The maximum atomic E-state index is 13.0. The lowest BCUT2D eigenvalue weighted by molar-refractivity contribution is -0.146. The van der Waals surface area contributed by atoms with Crippen molar-refractivity contribution in [3.8, 4) is 11.4 Å². The number of allylic oxidation sites excluding steroid dienone is 1. The molecule has 0 bridgehead atoms. The lowest BCUT2D eigenvalue weighted by Gasteiger charge is -2.23. The van der Waals surface area contributed by atoms with Crippen molar-refractivity contribution in [2.75, 3.05) is 18.6 Å². The smallest absolute Gasteiger partial charge is 0.306 e. The summed E-state index contributed by atoms with van der Waals surface area (Å²) in [5, 5.41) is 3.84. The van der Waals surface area contributed by atoms with Crippen molar-refractivity contribution < 1.29 is 23.2 Å². The van der Waals surface area contributed by atoms with E-state index in [1.54, 1.807) is 18.2 Å². The van der Waals surface area contributed by atoms with E-state index in [2.05, 4.69) is 30.1 Å². The van der Waals surface area contributed by atoms with E-state index in [0.29, 0.717) is 11.4 Å². The van der Waals surface area contributed by atoms with Crippen LogP contribution in [0, 0.1) is 5.82 Å². The maximum Gasteiger partial charge on any atom is 0.306 e. The number of anilines is 1. The van der Waals surface area contributed by atoms with Gasteiger partial charge in [-0.3, -0.25) is 9.59 Å². The highest BCUT2D eigenvalue weighted by Crippen LogP contribution is 2.46. The third-order valence-corrected chi connectivity index (χ3v) is 5.73. The van der Waals surface area contributed by atoms with Crippen molar-refractivity contribution in [1.82, 2.24) is 10.1 Å². The van der Waals surface area contributed by atoms with Crippen LogP contribution in [-0.2, 0) is 26.2 Å². The minimum atomic E-state index is -0.536. The van der Waals surface area contributed by atoms with Crippen molar-refractivity contribution in [3.63, 3.8) is 0 Å². The van der Waals surface area contributed by atoms with Gasteiger partial charge in [0, 0.05) is 41.9 Å². The molecule has 0 spiro atoms.